The second-order valence-corrected chi connectivity index (χ2v) is 2.43. The molecular formula is C13H22. The lowest BCUT2D eigenvalue weighted by Gasteiger charge is -1.70. The normalized spacial score (nSPS) is 10.7. The molecule has 0 aromatic heterocycles. The summed E-state index contributed by atoms with van der Waals surface area (Å²) in [7, 11) is 0. The molecule has 0 nitrogen and oxygen atoms in total. The fraction of sp³-hybridized carbons (Fsp3) is 0.385. The van der Waals surface area contributed by atoms with E-state index < -0.39 is 0 Å². The molecule has 0 rings (SSSR count). The van der Waals surface area contributed by atoms with E-state index in [0.717, 1.165) is 12.8 Å². The molecule has 0 aliphatic rings. The zero-order valence-electron chi connectivity index (χ0n) is 9.16. The Morgan fingerprint density at radius 3 is 1.77 bits per heavy atom. The molecule has 0 saturated carbocycles. The molecule has 0 heteroatoms. The predicted molar refractivity (Wildman–Crippen MR) is 63.9 cm³/mol. The van der Waals surface area contributed by atoms with Gasteiger partial charge in [0, 0.05) is 0 Å². The third kappa shape index (κ3) is 24.8. The molecule has 0 aromatic carbocycles. The van der Waals surface area contributed by atoms with Crippen molar-refractivity contribution < 1.29 is 0 Å². The Morgan fingerprint density at radius 2 is 1.46 bits per heavy atom. The average Bonchev–Trinajstić information content (AvgIpc) is 2.17. The second-order valence-electron chi connectivity index (χ2n) is 2.43. The van der Waals surface area contributed by atoms with Gasteiger partial charge in [0.1, 0.15) is 0 Å². The van der Waals surface area contributed by atoms with Gasteiger partial charge in [-0.15, -0.1) is 0 Å². The standard InChI is InChI=1S/C7H12.C6H10/c1-3-5-7-6-4-2;1-3-5-6-4-2/h3,5-7H,4H2,1-2H3;3,5-6H,1,4H2,2H3. The second kappa shape index (κ2) is 17.2. The maximum Gasteiger partial charge on any atom is -0.0376 e. The zero-order valence-corrected chi connectivity index (χ0v) is 9.16. The van der Waals surface area contributed by atoms with Crippen LogP contribution in [0.2, 0.25) is 0 Å². The van der Waals surface area contributed by atoms with E-state index in [1.165, 1.54) is 0 Å². The predicted octanol–water partition coefficient (Wildman–Crippen LogP) is 4.67. The Labute approximate surface area is 83.4 Å². The highest BCUT2D eigenvalue weighted by Gasteiger charge is 1.57. The molecule has 0 saturated heterocycles. The Bertz CT molecular complexity index is 159. The molecule has 0 aromatic rings. The van der Waals surface area contributed by atoms with Crippen molar-refractivity contribution in [1.29, 1.82) is 0 Å². The van der Waals surface area contributed by atoms with E-state index in [1.807, 2.05) is 25.2 Å². The molecule has 0 aliphatic carbocycles. The highest BCUT2D eigenvalue weighted by atomic mass is 13.7. The van der Waals surface area contributed by atoms with E-state index in [1.54, 1.807) is 6.08 Å². The molecule has 0 radical (unpaired) electrons. The Morgan fingerprint density at radius 1 is 0.923 bits per heavy atom. The summed E-state index contributed by atoms with van der Waals surface area (Å²) in [5.41, 5.74) is 0. The van der Waals surface area contributed by atoms with Crippen LogP contribution in [-0.4, -0.2) is 0 Å². The third-order valence-electron chi connectivity index (χ3n) is 1.18. The SMILES string of the molecule is C=CC=CCC.CC=CC=CCC. The highest BCUT2D eigenvalue weighted by Crippen LogP contribution is 1.79. The van der Waals surface area contributed by atoms with E-state index in [-0.39, 0.29) is 0 Å². The van der Waals surface area contributed by atoms with E-state index in [0.29, 0.717) is 0 Å². The first kappa shape index (κ1) is 14.5. The first-order valence-electron chi connectivity index (χ1n) is 4.88. The molecule has 0 spiro atoms. The first-order chi connectivity index (χ1) is 6.33. The van der Waals surface area contributed by atoms with Crippen LogP contribution in [0.5, 0.6) is 0 Å². The van der Waals surface area contributed by atoms with Crippen LogP contribution >= 0.6 is 0 Å². The summed E-state index contributed by atoms with van der Waals surface area (Å²) in [4.78, 5) is 0. The molecule has 0 aliphatic heterocycles. The van der Waals surface area contributed by atoms with Crippen LogP contribution in [0.3, 0.4) is 0 Å². The van der Waals surface area contributed by atoms with Gasteiger partial charge in [-0.25, -0.2) is 0 Å². The fourth-order valence-electron chi connectivity index (χ4n) is 0.558. The minimum Gasteiger partial charge on any atom is -0.0991 e. The molecule has 0 amide bonds. The quantitative estimate of drug-likeness (QED) is 0.549. The maximum atomic E-state index is 3.51. The van der Waals surface area contributed by atoms with E-state index in [4.69, 9.17) is 0 Å². The van der Waals surface area contributed by atoms with Crippen LogP contribution in [-0.2, 0) is 0 Å². The Hall–Kier alpha value is -1.04. The summed E-state index contributed by atoms with van der Waals surface area (Å²) in [6.07, 6.45) is 16.3. The maximum absolute atomic E-state index is 3.51. The minimum atomic E-state index is 1.10. The molecule has 0 bridgehead atoms. The van der Waals surface area contributed by atoms with Crippen molar-refractivity contribution in [3.8, 4) is 0 Å². The van der Waals surface area contributed by atoms with Gasteiger partial charge in [-0.2, -0.15) is 0 Å². The van der Waals surface area contributed by atoms with Gasteiger partial charge in [0.25, 0.3) is 0 Å². The van der Waals surface area contributed by atoms with Crippen molar-refractivity contribution in [3.63, 3.8) is 0 Å². The van der Waals surface area contributed by atoms with Gasteiger partial charge < -0.3 is 0 Å². The number of hydrogen-bond acceptors (Lipinski definition) is 0. The largest absolute Gasteiger partial charge is 0.0991 e. The smallest absolute Gasteiger partial charge is 0.0376 e. The van der Waals surface area contributed by atoms with Crippen molar-refractivity contribution in [2.45, 2.75) is 33.6 Å². The van der Waals surface area contributed by atoms with Gasteiger partial charge in [-0.1, -0.05) is 63.0 Å². The van der Waals surface area contributed by atoms with E-state index in [9.17, 15) is 0 Å². The summed E-state index contributed by atoms with van der Waals surface area (Å²) in [6.45, 7) is 9.75. The molecule has 0 heterocycles. The molecule has 0 fully saturated rings. The van der Waals surface area contributed by atoms with Gasteiger partial charge in [0.15, 0.2) is 0 Å². The van der Waals surface area contributed by atoms with Gasteiger partial charge in [-0.05, 0) is 19.8 Å². The molecule has 0 N–H and O–H groups in total. The lowest BCUT2D eigenvalue weighted by atomic mass is 10.4. The minimum absolute atomic E-state index is 1.10. The van der Waals surface area contributed by atoms with Crippen molar-refractivity contribution in [3.05, 3.63) is 49.1 Å². The van der Waals surface area contributed by atoms with Crippen molar-refractivity contribution >= 4 is 0 Å². The topological polar surface area (TPSA) is 0 Å². The summed E-state index contributed by atoms with van der Waals surface area (Å²) in [5, 5.41) is 0. The van der Waals surface area contributed by atoms with Crippen LogP contribution in [0.4, 0.5) is 0 Å². The van der Waals surface area contributed by atoms with Gasteiger partial charge in [0.2, 0.25) is 0 Å². The summed E-state index contributed by atoms with van der Waals surface area (Å²) in [6, 6.07) is 0. The summed E-state index contributed by atoms with van der Waals surface area (Å²) >= 11 is 0. The van der Waals surface area contributed by atoms with Crippen LogP contribution < -0.4 is 0 Å². The number of rotatable bonds is 4. The number of allylic oxidation sites excluding steroid dienone is 7. The molecule has 74 valence electrons. The molecule has 0 unspecified atom stereocenters. The zero-order chi connectivity index (χ0) is 10.4. The first-order valence-corrected chi connectivity index (χ1v) is 4.88. The van der Waals surface area contributed by atoms with Gasteiger partial charge in [0.05, 0.1) is 0 Å². The van der Waals surface area contributed by atoms with Gasteiger partial charge >= 0.3 is 0 Å². The van der Waals surface area contributed by atoms with Crippen molar-refractivity contribution in [1.82, 2.24) is 0 Å². The van der Waals surface area contributed by atoms with E-state index >= 15 is 0 Å². The van der Waals surface area contributed by atoms with E-state index in [2.05, 4.69) is 38.7 Å². The van der Waals surface area contributed by atoms with Crippen LogP contribution in [0.1, 0.15) is 33.6 Å². The average molecular weight is 178 g/mol. The fourth-order valence-corrected chi connectivity index (χ4v) is 0.558. The highest BCUT2D eigenvalue weighted by molar-refractivity contribution is 5.00. The summed E-state index contributed by atoms with van der Waals surface area (Å²) in [5.74, 6) is 0. The van der Waals surface area contributed by atoms with Crippen molar-refractivity contribution in [2.75, 3.05) is 0 Å². The van der Waals surface area contributed by atoms with Gasteiger partial charge in [-0.3, -0.25) is 0 Å². The lowest BCUT2D eigenvalue weighted by Crippen LogP contribution is -1.48. The number of hydrogen-bond donors (Lipinski definition) is 0. The Balaban J connectivity index is 0. The van der Waals surface area contributed by atoms with Crippen LogP contribution in [0, 0.1) is 0 Å². The van der Waals surface area contributed by atoms with Crippen LogP contribution in [0.25, 0.3) is 0 Å². The molecular weight excluding hydrogens is 156 g/mol. The van der Waals surface area contributed by atoms with Crippen molar-refractivity contribution in [2.24, 2.45) is 0 Å². The summed E-state index contributed by atoms with van der Waals surface area (Å²) < 4.78 is 0. The van der Waals surface area contributed by atoms with Crippen LogP contribution in [0.15, 0.2) is 49.1 Å². The lowest BCUT2D eigenvalue weighted by molar-refractivity contribution is 1.22. The Kier molecular flexibility index (Phi) is 19.1. The third-order valence-corrected chi connectivity index (χ3v) is 1.18. The monoisotopic (exact) mass is 178 g/mol. The molecule has 0 atom stereocenters. The molecule has 13 heavy (non-hydrogen) atoms.